The van der Waals surface area contributed by atoms with Crippen molar-refractivity contribution in [3.8, 4) is 0 Å². The molecule has 3 N–H and O–H groups in total. The molecule has 0 saturated carbocycles. The van der Waals surface area contributed by atoms with E-state index in [1.54, 1.807) is 72.8 Å². The van der Waals surface area contributed by atoms with Gasteiger partial charge in [-0.3, -0.25) is 9.59 Å². The maximum Gasteiger partial charge on any atom is 0.326 e. The fourth-order valence-electron chi connectivity index (χ4n) is 3.23. The SMILES string of the molecule is O=C(N[C@@H](Cc1ccc(NC(=O)c2c(Cl)cccc2Cl)cc1)C(=O)O)C(=C(Cl)Cl)c1ccccc1. The minimum Gasteiger partial charge on any atom is -0.480 e. The molecular weight excluding hydrogens is 534 g/mol. The van der Waals surface area contributed by atoms with Gasteiger partial charge in [-0.2, -0.15) is 0 Å². The van der Waals surface area contributed by atoms with Gasteiger partial charge in [0, 0.05) is 12.1 Å². The predicted molar refractivity (Wildman–Crippen MR) is 139 cm³/mol. The van der Waals surface area contributed by atoms with Gasteiger partial charge in [-0.25, -0.2) is 4.79 Å². The molecule has 0 saturated heterocycles. The van der Waals surface area contributed by atoms with E-state index in [9.17, 15) is 19.5 Å². The third-order valence-electron chi connectivity index (χ3n) is 4.92. The van der Waals surface area contributed by atoms with Gasteiger partial charge in [0.25, 0.3) is 11.8 Å². The minimum atomic E-state index is -1.25. The molecule has 0 unspecified atom stereocenters. The molecule has 180 valence electrons. The van der Waals surface area contributed by atoms with Crippen LogP contribution in [0.5, 0.6) is 0 Å². The summed E-state index contributed by atoms with van der Waals surface area (Å²) in [5, 5.41) is 15.2. The average molecular weight is 552 g/mol. The second-order valence-electron chi connectivity index (χ2n) is 7.32. The predicted octanol–water partition coefficient (Wildman–Crippen LogP) is 6.20. The number of carboxylic acids is 1. The smallest absolute Gasteiger partial charge is 0.326 e. The number of rotatable bonds is 8. The molecule has 3 aromatic carbocycles. The number of carbonyl (C=O) groups is 3. The molecule has 0 aromatic heterocycles. The van der Waals surface area contributed by atoms with Gasteiger partial charge in [0.1, 0.15) is 10.5 Å². The highest BCUT2D eigenvalue weighted by molar-refractivity contribution is 6.61. The molecular formula is C25H18Cl4N2O4. The molecule has 0 radical (unpaired) electrons. The fraction of sp³-hybridized carbons (Fsp3) is 0.0800. The Hall–Kier alpha value is -3.03. The summed E-state index contributed by atoms with van der Waals surface area (Å²) in [6.07, 6.45) is -0.0202. The zero-order valence-electron chi connectivity index (χ0n) is 17.9. The lowest BCUT2D eigenvalue weighted by Crippen LogP contribution is -2.42. The number of benzene rings is 3. The summed E-state index contributed by atoms with van der Waals surface area (Å²) in [5.74, 6) is -2.44. The monoisotopic (exact) mass is 550 g/mol. The van der Waals surface area contributed by atoms with Crippen molar-refractivity contribution >= 4 is 75.4 Å². The average Bonchev–Trinajstić information content (AvgIpc) is 2.80. The Morgan fingerprint density at radius 1 is 0.829 bits per heavy atom. The van der Waals surface area contributed by atoms with Crippen LogP contribution in [0.25, 0.3) is 5.57 Å². The Balaban J connectivity index is 1.71. The Morgan fingerprint density at radius 2 is 1.43 bits per heavy atom. The first kappa shape index (κ1) is 26.6. The number of hydrogen-bond acceptors (Lipinski definition) is 3. The number of nitrogens with one attached hydrogen (secondary N) is 2. The summed E-state index contributed by atoms with van der Waals surface area (Å²) in [5.41, 5.74) is 1.63. The molecule has 1 atom stereocenters. The molecule has 0 bridgehead atoms. The van der Waals surface area contributed by atoms with Crippen LogP contribution in [0.15, 0.2) is 77.3 Å². The van der Waals surface area contributed by atoms with E-state index in [1.807, 2.05) is 0 Å². The van der Waals surface area contributed by atoms with Gasteiger partial charge in [0.15, 0.2) is 0 Å². The van der Waals surface area contributed by atoms with Gasteiger partial charge in [-0.05, 0) is 35.4 Å². The number of anilines is 1. The van der Waals surface area contributed by atoms with E-state index in [2.05, 4.69) is 10.6 Å². The van der Waals surface area contributed by atoms with Crippen LogP contribution in [-0.4, -0.2) is 28.9 Å². The molecule has 0 aliphatic heterocycles. The van der Waals surface area contributed by atoms with E-state index < -0.39 is 23.8 Å². The van der Waals surface area contributed by atoms with Crippen molar-refractivity contribution in [1.82, 2.24) is 5.32 Å². The maximum atomic E-state index is 12.8. The third kappa shape index (κ3) is 6.99. The van der Waals surface area contributed by atoms with Crippen molar-refractivity contribution < 1.29 is 19.5 Å². The molecule has 10 heteroatoms. The topological polar surface area (TPSA) is 95.5 Å². The van der Waals surface area contributed by atoms with E-state index in [1.165, 1.54) is 0 Å². The normalized spacial score (nSPS) is 11.3. The summed E-state index contributed by atoms with van der Waals surface area (Å²) in [7, 11) is 0. The molecule has 0 aliphatic carbocycles. The molecule has 0 aliphatic rings. The number of carbonyl (C=O) groups excluding carboxylic acids is 2. The van der Waals surface area contributed by atoms with E-state index in [4.69, 9.17) is 46.4 Å². The van der Waals surface area contributed by atoms with Crippen LogP contribution < -0.4 is 10.6 Å². The van der Waals surface area contributed by atoms with E-state index in [0.717, 1.165) is 0 Å². The first-order valence-electron chi connectivity index (χ1n) is 10.2. The van der Waals surface area contributed by atoms with Gasteiger partial charge in [-0.1, -0.05) is 94.9 Å². The summed E-state index contributed by atoms with van der Waals surface area (Å²) in [6, 6.07) is 18.4. The lowest BCUT2D eigenvalue weighted by molar-refractivity contribution is -0.141. The van der Waals surface area contributed by atoms with Crippen molar-refractivity contribution in [3.05, 3.63) is 104 Å². The Kier molecular flexibility index (Phi) is 9.18. The first-order chi connectivity index (χ1) is 16.7. The lowest BCUT2D eigenvalue weighted by atomic mass is 10.0. The van der Waals surface area contributed by atoms with Crippen LogP contribution >= 0.6 is 46.4 Å². The van der Waals surface area contributed by atoms with Gasteiger partial charge in [0.2, 0.25) is 0 Å². The molecule has 0 heterocycles. The number of amides is 2. The number of aliphatic carboxylic acids is 1. The second kappa shape index (κ2) is 12.1. The van der Waals surface area contributed by atoms with Crippen LogP contribution in [0.1, 0.15) is 21.5 Å². The molecule has 0 spiro atoms. The third-order valence-corrected chi connectivity index (χ3v) is 5.93. The number of halogens is 4. The molecule has 3 aromatic rings. The summed E-state index contributed by atoms with van der Waals surface area (Å²) >= 11 is 23.9. The van der Waals surface area contributed by atoms with Gasteiger partial charge in [-0.15, -0.1) is 0 Å². The Bertz CT molecular complexity index is 1250. The quantitative estimate of drug-likeness (QED) is 0.290. The van der Waals surface area contributed by atoms with Gasteiger partial charge in [0.05, 0.1) is 21.2 Å². The summed E-state index contributed by atoms with van der Waals surface area (Å²) in [4.78, 5) is 37.1. The van der Waals surface area contributed by atoms with Crippen molar-refractivity contribution in [3.63, 3.8) is 0 Å². The van der Waals surface area contributed by atoms with Crippen LogP contribution in [0.3, 0.4) is 0 Å². The Labute approximate surface area is 221 Å². The Morgan fingerprint density at radius 3 is 1.97 bits per heavy atom. The van der Waals surface area contributed by atoms with Crippen molar-refractivity contribution in [1.29, 1.82) is 0 Å². The lowest BCUT2D eigenvalue weighted by Gasteiger charge is -2.17. The number of carboxylic acid groups (broad SMARTS) is 1. The largest absolute Gasteiger partial charge is 0.480 e. The summed E-state index contributed by atoms with van der Waals surface area (Å²) in [6.45, 7) is 0. The van der Waals surface area contributed by atoms with Gasteiger partial charge < -0.3 is 15.7 Å². The zero-order valence-corrected chi connectivity index (χ0v) is 20.9. The van der Waals surface area contributed by atoms with E-state index in [-0.39, 0.29) is 32.1 Å². The maximum absolute atomic E-state index is 12.8. The van der Waals surface area contributed by atoms with Crippen LogP contribution in [-0.2, 0) is 16.0 Å². The van der Waals surface area contributed by atoms with Crippen LogP contribution in [0.2, 0.25) is 10.0 Å². The van der Waals surface area contributed by atoms with E-state index in [0.29, 0.717) is 16.8 Å². The zero-order chi connectivity index (χ0) is 25.5. The minimum absolute atomic E-state index is 0.0202. The van der Waals surface area contributed by atoms with Crippen molar-refractivity contribution in [2.24, 2.45) is 0 Å². The molecule has 0 fully saturated rings. The first-order valence-corrected chi connectivity index (χ1v) is 11.7. The fourth-order valence-corrected chi connectivity index (χ4v) is 4.19. The molecule has 35 heavy (non-hydrogen) atoms. The van der Waals surface area contributed by atoms with Crippen LogP contribution in [0.4, 0.5) is 5.69 Å². The van der Waals surface area contributed by atoms with E-state index >= 15 is 0 Å². The highest BCUT2D eigenvalue weighted by atomic mass is 35.5. The standard InChI is InChI=1S/C25H18Cl4N2O4/c26-17-7-4-8-18(27)21(17)24(33)30-16-11-9-14(10-12-16)13-19(25(34)35)31-23(32)20(22(28)29)15-5-2-1-3-6-15/h1-12,19H,13H2,(H,30,33)(H,31,32)(H,34,35)/t19-/m0/s1. The van der Waals surface area contributed by atoms with Crippen molar-refractivity contribution in [2.75, 3.05) is 5.32 Å². The van der Waals surface area contributed by atoms with Crippen molar-refractivity contribution in [2.45, 2.75) is 12.5 Å². The highest BCUT2D eigenvalue weighted by Crippen LogP contribution is 2.26. The molecule has 3 rings (SSSR count). The second-order valence-corrected chi connectivity index (χ2v) is 9.08. The van der Waals surface area contributed by atoms with Gasteiger partial charge >= 0.3 is 5.97 Å². The van der Waals surface area contributed by atoms with Crippen LogP contribution in [0, 0.1) is 0 Å². The number of hydrogen-bond donors (Lipinski definition) is 3. The highest BCUT2D eigenvalue weighted by Gasteiger charge is 2.24. The summed E-state index contributed by atoms with van der Waals surface area (Å²) < 4.78 is -0.281. The molecule has 2 amide bonds. The molecule has 6 nitrogen and oxygen atoms in total.